The molecule has 0 aliphatic heterocycles. The molecule has 2 N–H and O–H groups in total. The minimum atomic E-state index is -0.199. The van der Waals surface area contributed by atoms with Gasteiger partial charge in [-0.1, -0.05) is 46.3 Å². The Morgan fingerprint density at radius 3 is 2.36 bits per heavy atom. The van der Waals surface area contributed by atoms with Gasteiger partial charge in [0.05, 0.1) is 10.2 Å². The molecule has 0 bridgehead atoms. The van der Waals surface area contributed by atoms with E-state index in [1.54, 1.807) is 12.1 Å². The Labute approximate surface area is 144 Å². The van der Waals surface area contributed by atoms with E-state index in [1.165, 1.54) is 0 Å². The summed E-state index contributed by atoms with van der Waals surface area (Å²) >= 11 is 6.89. The van der Waals surface area contributed by atoms with Crippen LogP contribution in [0.15, 0.2) is 63.5 Å². The maximum absolute atomic E-state index is 12.2. The summed E-state index contributed by atoms with van der Waals surface area (Å²) in [6.45, 7) is 0. The van der Waals surface area contributed by atoms with Crippen molar-refractivity contribution in [1.29, 1.82) is 0 Å². The van der Waals surface area contributed by atoms with E-state index < -0.39 is 0 Å². The van der Waals surface area contributed by atoms with Gasteiger partial charge < -0.3 is 5.32 Å². The number of halogens is 2. The summed E-state index contributed by atoms with van der Waals surface area (Å²) in [4.78, 5) is 12.2. The van der Waals surface area contributed by atoms with Crippen molar-refractivity contribution in [3.05, 3.63) is 69.1 Å². The summed E-state index contributed by atoms with van der Waals surface area (Å²) < 4.78 is 1.73. The first-order valence-corrected chi connectivity index (χ1v) is 8.10. The summed E-state index contributed by atoms with van der Waals surface area (Å²) in [5, 5.41) is 9.89. The second kappa shape index (κ2) is 6.46. The number of hydrogen-bond donors (Lipinski definition) is 2. The number of aromatic amines is 1. The van der Waals surface area contributed by atoms with Crippen molar-refractivity contribution in [2.24, 2.45) is 0 Å². The zero-order valence-electron chi connectivity index (χ0n) is 11.3. The average Bonchev–Trinajstić information content (AvgIpc) is 2.90. The van der Waals surface area contributed by atoms with Crippen molar-refractivity contribution >= 4 is 43.6 Å². The molecule has 0 radical (unpaired) electrons. The van der Waals surface area contributed by atoms with Crippen LogP contribution in [0.5, 0.6) is 0 Å². The van der Waals surface area contributed by atoms with Crippen LogP contribution in [-0.4, -0.2) is 16.1 Å². The van der Waals surface area contributed by atoms with Gasteiger partial charge in [0, 0.05) is 15.6 Å². The van der Waals surface area contributed by atoms with E-state index in [0.29, 0.717) is 11.4 Å². The normalized spacial score (nSPS) is 10.5. The lowest BCUT2D eigenvalue weighted by Gasteiger charge is -2.03. The Morgan fingerprint density at radius 2 is 1.68 bits per heavy atom. The number of benzene rings is 2. The van der Waals surface area contributed by atoms with Gasteiger partial charge >= 0.3 is 0 Å². The molecule has 1 heterocycles. The highest BCUT2D eigenvalue weighted by molar-refractivity contribution is 9.11. The van der Waals surface area contributed by atoms with Gasteiger partial charge in [0.2, 0.25) is 0 Å². The number of H-pyrrole nitrogens is 1. The topological polar surface area (TPSA) is 57.8 Å². The van der Waals surface area contributed by atoms with Crippen molar-refractivity contribution in [3.8, 4) is 11.3 Å². The van der Waals surface area contributed by atoms with Crippen molar-refractivity contribution in [2.75, 3.05) is 5.32 Å². The second-order valence-corrected chi connectivity index (χ2v) is 6.30. The number of nitrogens with zero attached hydrogens (tertiary/aromatic N) is 1. The molecule has 2 aromatic carbocycles. The van der Waals surface area contributed by atoms with Gasteiger partial charge in [-0.25, -0.2) is 0 Å². The maximum atomic E-state index is 12.2. The zero-order valence-corrected chi connectivity index (χ0v) is 14.5. The van der Waals surface area contributed by atoms with E-state index in [4.69, 9.17) is 0 Å². The Hall–Kier alpha value is -1.92. The third-order valence-corrected chi connectivity index (χ3v) is 4.41. The Balaban J connectivity index is 1.85. The van der Waals surface area contributed by atoms with Gasteiger partial charge in [-0.15, -0.1) is 0 Å². The van der Waals surface area contributed by atoms with Gasteiger partial charge in [0.1, 0.15) is 0 Å². The van der Waals surface area contributed by atoms with E-state index in [9.17, 15) is 4.79 Å². The second-order valence-electron chi connectivity index (χ2n) is 4.59. The summed E-state index contributed by atoms with van der Waals surface area (Å²) in [7, 11) is 0. The number of rotatable bonds is 3. The quantitative estimate of drug-likeness (QED) is 0.635. The molecule has 4 nitrogen and oxygen atoms in total. The molecule has 0 unspecified atom stereocenters. The molecule has 22 heavy (non-hydrogen) atoms. The van der Waals surface area contributed by atoms with E-state index in [2.05, 4.69) is 47.4 Å². The minimum absolute atomic E-state index is 0.199. The molecular weight excluding hydrogens is 410 g/mol. The van der Waals surface area contributed by atoms with E-state index in [0.717, 1.165) is 20.2 Å². The van der Waals surface area contributed by atoms with Crippen LogP contribution in [0.4, 0.5) is 5.82 Å². The van der Waals surface area contributed by atoms with Crippen LogP contribution in [0, 0.1) is 0 Å². The smallest absolute Gasteiger partial charge is 0.256 e. The first kappa shape index (κ1) is 15.0. The molecule has 110 valence electrons. The predicted octanol–water partition coefficient (Wildman–Crippen LogP) is 4.85. The largest absolute Gasteiger partial charge is 0.304 e. The molecule has 0 saturated carbocycles. The highest BCUT2D eigenvalue weighted by Crippen LogP contribution is 2.32. The van der Waals surface area contributed by atoms with E-state index >= 15 is 0 Å². The van der Waals surface area contributed by atoms with Gasteiger partial charge in [0.15, 0.2) is 5.82 Å². The number of nitrogens with one attached hydrogen (secondary N) is 2. The standard InChI is InChI=1S/C16H11Br2N3O/c17-12-8-6-10(7-9-12)14-13(18)15(21-20-14)19-16(22)11-4-2-1-3-5-11/h1-9H,(H2,19,20,21,22). The lowest BCUT2D eigenvalue weighted by molar-refractivity contribution is 0.102. The third-order valence-electron chi connectivity index (χ3n) is 3.11. The van der Waals surface area contributed by atoms with Gasteiger partial charge in [-0.3, -0.25) is 9.89 Å². The van der Waals surface area contributed by atoms with Gasteiger partial charge in [-0.05, 0) is 40.2 Å². The molecule has 1 aromatic heterocycles. The van der Waals surface area contributed by atoms with Crippen molar-refractivity contribution < 1.29 is 4.79 Å². The molecule has 3 rings (SSSR count). The van der Waals surface area contributed by atoms with Crippen LogP contribution in [0.2, 0.25) is 0 Å². The van der Waals surface area contributed by atoms with Gasteiger partial charge in [-0.2, -0.15) is 5.10 Å². The summed E-state index contributed by atoms with van der Waals surface area (Å²) in [6, 6.07) is 16.8. The fourth-order valence-electron chi connectivity index (χ4n) is 1.99. The van der Waals surface area contributed by atoms with Crippen molar-refractivity contribution in [3.63, 3.8) is 0 Å². The molecule has 0 fully saturated rings. The SMILES string of the molecule is O=C(Nc1n[nH]c(-c2ccc(Br)cc2)c1Br)c1ccccc1. The Morgan fingerprint density at radius 1 is 1.00 bits per heavy atom. The van der Waals surface area contributed by atoms with Crippen LogP contribution in [-0.2, 0) is 0 Å². The predicted molar refractivity (Wildman–Crippen MR) is 93.8 cm³/mol. The first-order valence-electron chi connectivity index (χ1n) is 6.51. The summed E-state index contributed by atoms with van der Waals surface area (Å²) in [6.07, 6.45) is 0. The molecule has 0 aliphatic rings. The van der Waals surface area contributed by atoms with Gasteiger partial charge in [0.25, 0.3) is 5.91 Å². The molecule has 0 spiro atoms. The fraction of sp³-hybridized carbons (Fsp3) is 0. The Bertz CT molecular complexity index is 798. The highest BCUT2D eigenvalue weighted by atomic mass is 79.9. The number of carbonyl (C=O) groups is 1. The molecule has 3 aromatic rings. The van der Waals surface area contributed by atoms with Crippen molar-refractivity contribution in [1.82, 2.24) is 10.2 Å². The molecule has 0 saturated heterocycles. The van der Waals surface area contributed by atoms with Crippen molar-refractivity contribution in [2.45, 2.75) is 0 Å². The zero-order chi connectivity index (χ0) is 15.5. The maximum Gasteiger partial charge on any atom is 0.256 e. The van der Waals surface area contributed by atoms with Crippen LogP contribution in [0.1, 0.15) is 10.4 Å². The summed E-state index contributed by atoms with van der Waals surface area (Å²) in [5.74, 6) is 0.266. The van der Waals surface area contributed by atoms with E-state index in [-0.39, 0.29) is 5.91 Å². The third kappa shape index (κ3) is 3.13. The molecule has 1 amide bonds. The van der Waals surface area contributed by atoms with Crippen LogP contribution in [0.25, 0.3) is 11.3 Å². The number of amides is 1. The average molecular weight is 421 g/mol. The number of aromatic nitrogens is 2. The highest BCUT2D eigenvalue weighted by Gasteiger charge is 2.15. The monoisotopic (exact) mass is 419 g/mol. The molecule has 0 aliphatic carbocycles. The number of hydrogen-bond acceptors (Lipinski definition) is 2. The fourth-order valence-corrected chi connectivity index (χ4v) is 2.76. The van der Waals surface area contributed by atoms with Crippen LogP contribution < -0.4 is 5.32 Å². The number of carbonyl (C=O) groups excluding carboxylic acids is 1. The summed E-state index contributed by atoms with van der Waals surface area (Å²) in [5.41, 5.74) is 2.38. The molecule has 6 heteroatoms. The molecular formula is C16H11Br2N3O. The molecule has 0 atom stereocenters. The number of anilines is 1. The minimum Gasteiger partial charge on any atom is -0.304 e. The van der Waals surface area contributed by atoms with E-state index in [1.807, 2.05) is 42.5 Å². The lowest BCUT2D eigenvalue weighted by atomic mass is 10.1. The Kier molecular flexibility index (Phi) is 4.40. The van der Waals surface area contributed by atoms with Crippen LogP contribution in [0.3, 0.4) is 0 Å². The first-order chi connectivity index (χ1) is 10.6. The lowest BCUT2D eigenvalue weighted by Crippen LogP contribution is -2.12. The van der Waals surface area contributed by atoms with Crippen LogP contribution >= 0.6 is 31.9 Å².